The summed E-state index contributed by atoms with van der Waals surface area (Å²) >= 11 is 0. The molecular formula is C11H14N4O3S. The number of aryl methyl sites for hydroxylation is 1. The van der Waals surface area contributed by atoms with Gasteiger partial charge in [0.25, 0.3) is 0 Å². The highest BCUT2D eigenvalue weighted by Gasteiger charge is 2.09. The lowest BCUT2D eigenvalue weighted by Crippen LogP contribution is -2.12. The number of nitrogens with two attached hydrogens (primary N) is 1. The molecule has 2 aromatic rings. The van der Waals surface area contributed by atoms with Gasteiger partial charge in [0.05, 0.1) is 18.6 Å². The maximum Gasteiger partial charge on any atom is 0.239 e. The first-order valence-electron chi connectivity index (χ1n) is 5.68. The lowest BCUT2D eigenvalue weighted by Gasteiger charge is -2.02. The molecule has 0 aromatic carbocycles. The van der Waals surface area contributed by atoms with E-state index < -0.39 is 10.0 Å². The number of hydrogen-bond donors (Lipinski definition) is 1. The van der Waals surface area contributed by atoms with Gasteiger partial charge in [-0.3, -0.25) is 4.68 Å². The standard InChI is InChI=1S/C11H14N4O3S/c1-2-5-15-8-9(6-14-15)18-11-4-3-10(7-13-11)19(12,16)17/h3-4,6-8H,2,5H2,1H3,(H2,12,16,17). The van der Waals surface area contributed by atoms with E-state index in [4.69, 9.17) is 9.88 Å². The van der Waals surface area contributed by atoms with Crippen molar-refractivity contribution in [3.8, 4) is 11.6 Å². The molecule has 19 heavy (non-hydrogen) atoms. The second kappa shape index (κ2) is 5.37. The van der Waals surface area contributed by atoms with Crippen LogP contribution in [0, 0.1) is 0 Å². The Morgan fingerprint density at radius 1 is 1.37 bits per heavy atom. The molecule has 2 heterocycles. The van der Waals surface area contributed by atoms with Gasteiger partial charge in [-0.2, -0.15) is 5.10 Å². The Morgan fingerprint density at radius 3 is 2.74 bits per heavy atom. The van der Waals surface area contributed by atoms with E-state index in [-0.39, 0.29) is 10.8 Å². The molecule has 0 aliphatic rings. The molecule has 2 N–H and O–H groups in total. The van der Waals surface area contributed by atoms with Crippen LogP contribution in [0.3, 0.4) is 0 Å². The van der Waals surface area contributed by atoms with E-state index in [0.29, 0.717) is 5.75 Å². The lowest BCUT2D eigenvalue weighted by molar-refractivity contribution is 0.460. The van der Waals surface area contributed by atoms with E-state index in [2.05, 4.69) is 17.0 Å². The van der Waals surface area contributed by atoms with Crippen LogP contribution in [0.1, 0.15) is 13.3 Å². The van der Waals surface area contributed by atoms with Crippen LogP contribution >= 0.6 is 0 Å². The number of sulfonamides is 1. The molecule has 0 fully saturated rings. The Morgan fingerprint density at radius 2 is 2.16 bits per heavy atom. The number of pyridine rings is 1. The Hall–Kier alpha value is -1.93. The van der Waals surface area contributed by atoms with Crippen LogP contribution < -0.4 is 9.88 Å². The minimum Gasteiger partial charge on any atom is -0.436 e. The number of aromatic nitrogens is 3. The monoisotopic (exact) mass is 282 g/mol. The maximum atomic E-state index is 11.1. The molecule has 0 spiro atoms. The Labute approximate surface area is 111 Å². The third kappa shape index (κ3) is 3.52. The molecule has 0 unspecified atom stereocenters. The predicted octanol–water partition coefficient (Wildman–Crippen LogP) is 1.13. The van der Waals surface area contributed by atoms with Crippen LogP contribution in [-0.4, -0.2) is 23.2 Å². The van der Waals surface area contributed by atoms with Crippen LogP contribution in [0.25, 0.3) is 0 Å². The third-order valence-electron chi connectivity index (χ3n) is 2.32. The number of ether oxygens (including phenoxy) is 1. The molecule has 0 aliphatic heterocycles. The summed E-state index contributed by atoms with van der Waals surface area (Å²) in [6.45, 7) is 2.86. The summed E-state index contributed by atoms with van der Waals surface area (Å²) in [5, 5.41) is 9.08. The van der Waals surface area contributed by atoms with Gasteiger partial charge in [-0.15, -0.1) is 0 Å². The van der Waals surface area contributed by atoms with Crippen molar-refractivity contribution >= 4 is 10.0 Å². The SMILES string of the molecule is CCCn1cc(Oc2ccc(S(N)(=O)=O)cn2)cn1. The van der Waals surface area contributed by atoms with Crippen molar-refractivity contribution in [3.05, 3.63) is 30.7 Å². The zero-order valence-electron chi connectivity index (χ0n) is 10.4. The molecule has 0 amide bonds. The minimum absolute atomic E-state index is 0.0541. The molecular weight excluding hydrogens is 268 g/mol. The Kier molecular flexibility index (Phi) is 3.82. The summed E-state index contributed by atoms with van der Waals surface area (Å²) in [6.07, 6.45) is 5.45. The average Bonchev–Trinajstić information content (AvgIpc) is 2.77. The van der Waals surface area contributed by atoms with Gasteiger partial charge in [0.15, 0.2) is 5.75 Å². The first-order valence-corrected chi connectivity index (χ1v) is 7.23. The fraction of sp³-hybridized carbons (Fsp3) is 0.273. The molecule has 0 atom stereocenters. The molecule has 0 saturated carbocycles. The van der Waals surface area contributed by atoms with E-state index in [1.807, 2.05) is 0 Å². The zero-order chi connectivity index (χ0) is 13.9. The quantitative estimate of drug-likeness (QED) is 0.886. The summed E-state index contributed by atoms with van der Waals surface area (Å²) in [5.41, 5.74) is 0. The molecule has 0 radical (unpaired) electrons. The van der Waals surface area contributed by atoms with Crippen LogP contribution in [0.4, 0.5) is 0 Å². The number of rotatable bonds is 5. The van der Waals surface area contributed by atoms with E-state index in [1.165, 1.54) is 12.1 Å². The van der Waals surface area contributed by atoms with Crippen molar-refractivity contribution in [2.45, 2.75) is 24.8 Å². The highest BCUT2D eigenvalue weighted by molar-refractivity contribution is 7.89. The van der Waals surface area contributed by atoms with Gasteiger partial charge < -0.3 is 4.74 Å². The Balaban J connectivity index is 2.10. The van der Waals surface area contributed by atoms with Gasteiger partial charge in [-0.05, 0) is 12.5 Å². The number of nitrogens with zero attached hydrogens (tertiary/aromatic N) is 3. The third-order valence-corrected chi connectivity index (χ3v) is 3.22. The van der Waals surface area contributed by atoms with Gasteiger partial charge in [-0.25, -0.2) is 18.5 Å². The molecule has 102 valence electrons. The first-order chi connectivity index (χ1) is 8.99. The van der Waals surface area contributed by atoms with Gasteiger partial charge in [0.2, 0.25) is 15.9 Å². The Bertz CT molecular complexity index is 649. The van der Waals surface area contributed by atoms with Crippen molar-refractivity contribution < 1.29 is 13.2 Å². The van der Waals surface area contributed by atoms with Gasteiger partial charge in [0, 0.05) is 12.6 Å². The number of primary sulfonamides is 1. The van der Waals surface area contributed by atoms with Gasteiger partial charge >= 0.3 is 0 Å². The smallest absolute Gasteiger partial charge is 0.239 e. The largest absolute Gasteiger partial charge is 0.436 e. The van der Waals surface area contributed by atoms with Gasteiger partial charge in [-0.1, -0.05) is 6.92 Å². The first kappa shape index (κ1) is 13.5. The zero-order valence-corrected chi connectivity index (χ0v) is 11.2. The van der Waals surface area contributed by atoms with E-state index >= 15 is 0 Å². The molecule has 0 bridgehead atoms. The fourth-order valence-corrected chi connectivity index (χ4v) is 1.92. The molecule has 7 nitrogen and oxygen atoms in total. The van der Waals surface area contributed by atoms with Crippen molar-refractivity contribution in [3.63, 3.8) is 0 Å². The van der Waals surface area contributed by atoms with Crippen molar-refractivity contribution in [2.24, 2.45) is 5.14 Å². The maximum absolute atomic E-state index is 11.1. The highest BCUT2D eigenvalue weighted by atomic mass is 32.2. The van der Waals surface area contributed by atoms with Crippen LogP contribution in [0.5, 0.6) is 11.6 Å². The highest BCUT2D eigenvalue weighted by Crippen LogP contribution is 2.19. The summed E-state index contributed by atoms with van der Waals surface area (Å²) in [5.74, 6) is 0.827. The number of hydrogen-bond acceptors (Lipinski definition) is 5. The second-order valence-corrected chi connectivity index (χ2v) is 5.48. The summed E-state index contributed by atoms with van der Waals surface area (Å²) < 4.78 is 29.3. The molecule has 2 aromatic heterocycles. The van der Waals surface area contributed by atoms with Crippen molar-refractivity contribution in [1.82, 2.24) is 14.8 Å². The van der Waals surface area contributed by atoms with Crippen LogP contribution in [-0.2, 0) is 16.6 Å². The van der Waals surface area contributed by atoms with Crippen molar-refractivity contribution in [2.75, 3.05) is 0 Å². The van der Waals surface area contributed by atoms with Gasteiger partial charge in [0.1, 0.15) is 4.90 Å². The van der Waals surface area contributed by atoms with Crippen molar-refractivity contribution in [1.29, 1.82) is 0 Å². The molecule has 0 aliphatic carbocycles. The summed E-state index contributed by atoms with van der Waals surface area (Å²) in [4.78, 5) is 3.82. The fourth-order valence-electron chi connectivity index (χ4n) is 1.46. The topological polar surface area (TPSA) is 100 Å². The summed E-state index contributed by atoms with van der Waals surface area (Å²) in [7, 11) is -3.73. The van der Waals surface area contributed by atoms with Crippen LogP contribution in [0.2, 0.25) is 0 Å². The van der Waals surface area contributed by atoms with E-state index in [0.717, 1.165) is 19.2 Å². The second-order valence-electron chi connectivity index (χ2n) is 3.92. The minimum atomic E-state index is -3.73. The van der Waals surface area contributed by atoms with Crippen LogP contribution in [0.15, 0.2) is 35.6 Å². The average molecular weight is 282 g/mol. The molecule has 2 rings (SSSR count). The lowest BCUT2D eigenvalue weighted by atomic mass is 10.5. The van der Waals surface area contributed by atoms with E-state index in [9.17, 15) is 8.42 Å². The molecule has 8 heteroatoms. The normalized spacial score (nSPS) is 11.5. The predicted molar refractivity (Wildman–Crippen MR) is 68.2 cm³/mol. The summed E-state index contributed by atoms with van der Waals surface area (Å²) in [6, 6.07) is 2.78. The van der Waals surface area contributed by atoms with E-state index in [1.54, 1.807) is 17.1 Å². The molecule has 0 saturated heterocycles.